The van der Waals surface area contributed by atoms with Gasteiger partial charge in [-0.1, -0.05) is 35.1 Å². The highest BCUT2D eigenvalue weighted by atomic mass is 32.2. The van der Waals surface area contributed by atoms with Crippen LogP contribution in [0.4, 0.5) is 0 Å². The van der Waals surface area contributed by atoms with Crippen molar-refractivity contribution in [2.45, 2.75) is 6.92 Å². The van der Waals surface area contributed by atoms with Crippen LogP contribution in [0.25, 0.3) is 11.4 Å². The largest absolute Gasteiger partial charge is 0.339 e. The van der Waals surface area contributed by atoms with E-state index >= 15 is 0 Å². The highest BCUT2D eigenvalue weighted by Gasteiger charge is 2.15. The van der Waals surface area contributed by atoms with Gasteiger partial charge < -0.3 is 9.84 Å². The van der Waals surface area contributed by atoms with Gasteiger partial charge in [0.25, 0.3) is 0 Å². The smallest absolute Gasteiger partial charge is 0.236 e. The molecule has 0 aliphatic carbocycles. The van der Waals surface area contributed by atoms with Crippen LogP contribution in [0.5, 0.6) is 0 Å². The highest BCUT2D eigenvalue weighted by Crippen LogP contribution is 2.16. The Labute approximate surface area is 124 Å². The molecule has 1 aromatic carbocycles. The summed E-state index contributed by atoms with van der Waals surface area (Å²) in [6.45, 7) is 1.74. The maximum Gasteiger partial charge on any atom is 0.236 e. The number of hydrogen-bond acceptors (Lipinski definition) is 7. The van der Waals surface area contributed by atoms with Crippen LogP contribution in [0, 0.1) is 6.92 Å². The third kappa shape index (κ3) is 3.34. The van der Waals surface area contributed by atoms with E-state index in [0.29, 0.717) is 22.6 Å². The van der Waals surface area contributed by atoms with Crippen molar-refractivity contribution in [1.82, 2.24) is 15.5 Å². The van der Waals surface area contributed by atoms with Gasteiger partial charge in [0, 0.05) is 12.5 Å². The summed E-state index contributed by atoms with van der Waals surface area (Å²) in [7, 11) is 0. The molecular weight excluding hydrogens is 290 g/mol. The SMILES string of the molecule is Cc1nc(-c2cccc(C=NN=C3NC(=O)CS3)c2)no1. The molecule has 2 heterocycles. The summed E-state index contributed by atoms with van der Waals surface area (Å²) in [6.07, 6.45) is 1.61. The maximum absolute atomic E-state index is 11.0. The second-order valence-corrected chi connectivity index (χ2v) is 5.21. The normalized spacial score (nSPS) is 16.8. The standard InChI is InChI=1S/C13H11N5O2S/c1-8-15-12(18-20-8)10-4-2-3-9(5-10)6-14-17-13-16-11(19)7-21-13/h2-6H,7H2,1H3,(H,16,17,19). The molecule has 1 fully saturated rings. The van der Waals surface area contributed by atoms with Gasteiger partial charge >= 0.3 is 0 Å². The topological polar surface area (TPSA) is 92.7 Å². The second-order valence-electron chi connectivity index (χ2n) is 4.25. The Kier molecular flexibility index (Phi) is 3.78. The van der Waals surface area contributed by atoms with E-state index in [1.807, 2.05) is 24.3 Å². The fourth-order valence-electron chi connectivity index (χ4n) is 1.70. The molecule has 1 aliphatic rings. The van der Waals surface area contributed by atoms with Gasteiger partial charge in [0.05, 0.1) is 12.0 Å². The zero-order valence-corrected chi connectivity index (χ0v) is 11.9. The molecule has 0 bridgehead atoms. The lowest BCUT2D eigenvalue weighted by Gasteiger charge is -1.96. The van der Waals surface area contributed by atoms with Crippen LogP contribution in [0.15, 0.2) is 39.0 Å². The van der Waals surface area contributed by atoms with Crippen LogP contribution < -0.4 is 5.32 Å². The van der Waals surface area contributed by atoms with Crippen LogP contribution in [0.2, 0.25) is 0 Å². The zero-order valence-electron chi connectivity index (χ0n) is 11.1. The summed E-state index contributed by atoms with van der Waals surface area (Å²) in [5.41, 5.74) is 1.70. The van der Waals surface area contributed by atoms with E-state index in [2.05, 4.69) is 25.7 Å². The monoisotopic (exact) mass is 301 g/mol. The first-order valence-electron chi connectivity index (χ1n) is 6.15. The maximum atomic E-state index is 11.0. The molecule has 1 aromatic heterocycles. The molecule has 1 N–H and O–H groups in total. The van der Waals surface area contributed by atoms with E-state index < -0.39 is 0 Å². The predicted octanol–water partition coefficient (Wildman–Crippen LogP) is 1.60. The minimum absolute atomic E-state index is 0.0524. The van der Waals surface area contributed by atoms with Crippen molar-refractivity contribution < 1.29 is 9.32 Å². The number of amides is 1. The number of rotatable bonds is 3. The Morgan fingerprint density at radius 1 is 1.48 bits per heavy atom. The molecule has 7 nitrogen and oxygen atoms in total. The summed E-state index contributed by atoms with van der Waals surface area (Å²) < 4.78 is 4.96. The Morgan fingerprint density at radius 2 is 2.38 bits per heavy atom. The van der Waals surface area contributed by atoms with E-state index in [1.165, 1.54) is 11.8 Å². The molecule has 8 heteroatoms. The van der Waals surface area contributed by atoms with Gasteiger partial charge in [0.2, 0.25) is 17.6 Å². The van der Waals surface area contributed by atoms with Crippen molar-refractivity contribution in [3.63, 3.8) is 0 Å². The van der Waals surface area contributed by atoms with Crippen LogP contribution in [-0.2, 0) is 4.79 Å². The number of carbonyl (C=O) groups excluding carboxylic acids is 1. The second kappa shape index (κ2) is 5.88. The van der Waals surface area contributed by atoms with Crippen molar-refractivity contribution in [1.29, 1.82) is 0 Å². The molecule has 0 atom stereocenters. The lowest BCUT2D eigenvalue weighted by molar-refractivity contribution is -0.116. The van der Waals surface area contributed by atoms with Crippen LogP contribution >= 0.6 is 11.8 Å². The van der Waals surface area contributed by atoms with Gasteiger partial charge in [-0.3, -0.25) is 4.79 Å². The molecule has 21 heavy (non-hydrogen) atoms. The van der Waals surface area contributed by atoms with Crippen molar-refractivity contribution in [3.05, 3.63) is 35.7 Å². The van der Waals surface area contributed by atoms with Gasteiger partial charge in [0.1, 0.15) is 0 Å². The number of hydrogen-bond donors (Lipinski definition) is 1. The number of aryl methyl sites for hydroxylation is 1. The fourth-order valence-corrected chi connectivity index (χ4v) is 2.33. The predicted molar refractivity (Wildman–Crippen MR) is 80.1 cm³/mol. The summed E-state index contributed by atoms with van der Waals surface area (Å²) in [5, 5.41) is 14.9. The molecule has 1 amide bonds. The molecule has 0 radical (unpaired) electrons. The first-order chi connectivity index (χ1) is 10.2. The molecule has 2 aromatic rings. The Bertz CT molecular complexity index is 738. The van der Waals surface area contributed by atoms with Crippen LogP contribution in [0.3, 0.4) is 0 Å². The van der Waals surface area contributed by atoms with Gasteiger partial charge in [0.15, 0.2) is 5.17 Å². The molecule has 1 aliphatic heterocycles. The molecule has 0 unspecified atom stereocenters. The number of nitrogens with zero attached hydrogens (tertiary/aromatic N) is 4. The first kappa shape index (κ1) is 13.5. The Morgan fingerprint density at radius 3 is 3.10 bits per heavy atom. The van der Waals surface area contributed by atoms with Crippen molar-refractivity contribution in [3.8, 4) is 11.4 Å². The molecule has 0 spiro atoms. The third-order valence-electron chi connectivity index (χ3n) is 2.61. The van der Waals surface area contributed by atoms with Gasteiger partial charge in [-0.15, -0.1) is 5.10 Å². The summed E-state index contributed by atoms with van der Waals surface area (Å²) in [4.78, 5) is 15.2. The van der Waals surface area contributed by atoms with Crippen molar-refractivity contribution in [2.75, 3.05) is 5.75 Å². The molecule has 106 valence electrons. The zero-order chi connectivity index (χ0) is 14.7. The number of nitrogens with one attached hydrogen (secondary N) is 1. The Balaban J connectivity index is 1.76. The molecule has 0 saturated carbocycles. The van der Waals surface area contributed by atoms with E-state index in [1.54, 1.807) is 13.1 Å². The average Bonchev–Trinajstić information content (AvgIpc) is 3.08. The van der Waals surface area contributed by atoms with Gasteiger partial charge in [-0.05, 0) is 11.6 Å². The average molecular weight is 301 g/mol. The number of aromatic nitrogens is 2. The lowest BCUT2D eigenvalue weighted by atomic mass is 10.1. The Hall–Kier alpha value is -2.48. The lowest BCUT2D eigenvalue weighted by Crippen LogP contribution is -2.19. The summed E-state index contributed by atoms with van der Waals surface area (Å²) >= 11 is 1.33. The minimum atomic E-state index is -0.0524. The minimum Gasteiger partial charge on any atom is -0.339 e. The highest BCUT2D eigenvalue weighted by molar-refractivity contribution is 8.15. The van der Waals surface area contributed by atoms with E-state index in [-0.39, 0.29) is 5.91 Å². The number of benzene rings is 1. The van der Waals surface area contributed by atoms with Gasteiger partial charge in [-0.2, -0.15) is 10.1 Å². The summed E-state index contributed by atoms with van der Waals surface area (Å²) in [6, 6.07) is 7.54. The van der Waals surface area contributed by atoms with Crippen molar-refractivity contribution in [2.24, 2.45) is 10.2 Å². The molecule has 3 rings (SSSR count). The van der Waals surface area contributed by atoms with E-state index in [4.69, 9.17) is 4.52 Å². The first-order valence-corrected chi connectivity index (χ1v) is 7.14. The summed E-state index contributed by atoms with van der Waals surface area (Å²) in [5.74, 6) is 1.39. The number of thioether (sulfide) groups is 1. The quantitative estimate of drug-likeness (QED) is 0.686. The number of amidine groups is 1. The molecular formula is C13H11N5O2S. The van der Waals surface area contributed by atoms with Gasteiger partial charge in [-0.25, -0.2) is 0 Å². The van der Waals surface area contributed by atoms with E-state index in [9.17, 15) is 4.79 Å². The number of carbonyl (C=O) groups is 1. The van der Waals surface area contributed by atoms with Crippen LogP contribution in [0.1, 0.15) is 11.5 Å². The van der Waals surface area contributed by atoms with E-state index in [0.717, 1.165) is 11.1 Å². The van der Waals surface area contributed by atoms with Crippen molar-refractivity contribution >= 4 is 29.1 Å². The van der Waals surface area contributed by atoms with Crippen LogP contribution in [-0.4, -0.2) is 33.2 Å². The fraction of sp³-hybridized carbons (Fsp3) is 0.154. The molecule has 1 saturated heterocycles. The third-order valence-corrected chi connectivity index (χ3v) is 3.48.